The fourth-order valence-electron chi connectivity index (χ4n) is 7.10. The monoisotopic (exact) mass is 660 g/mol. The Morgan fingerprint density at radius 2 is 1.34 bits per heavy atom. The molecule has 0 saturated heterocycles. The molecule has 0 bridgehead atoms. The van der Waals surface area contributed by atoms with Gasteiger partial charge in [0.25, 0.3) is 0 Å². The van der Waals surface area contributed by atoms with Gasteiger partial charge in [-0.05, 0) is 105 Å². The van der Waals surface area contributed by atoms with Gasteiger partial charge in [-0.3, -0.25) is 0 Å². The van der Waals surface area contributed by atoms with Crippen LogP contribution in [0, 0.1) is 0 Å². The molecule has 0 fully saturated rings. The van der Waals surface area contributed by atoms with E-state index in [1.807, 2.05) is 29.6 Å². The van der Waals surface area contributed by atoms with Crippen LogP contribution in [0.5, 0.6) is 0 Å². The molecule has 0 atom stereocenters. The molecule has 50 heavy (non-hydrogen) atoms. The van der Waals surface area contributed by atoms with Gasteiger partial charge in [-0.15, -0.1) is 11.3 Å². The normalized spacial score (nSPS) is 12.5. The second-order valence-corrected chi connectivity index (χ2v) is 13.7. The molecule has 0 aliphatic carbocycles. The first-order chi connectivity index (χ1) is 24.5. The van der Waals surface area contributed by atoms with E-state index in [1.54, 1.807) is 6.08 Å². The van der Waals surface area contributed by atoms with Crippen LogP contribution >= 0.6 is 11.3 Å². The highest BCUT2D eigenvalue weighted by Crippen LogP contribution is 2.42. The summed E-state index contributed by atoms with van der Waals surface area (Å²) in [5, 5.41) is 9.67. The van der Waals surface area contributed by atoms with Crippen LogP contribution in [0.15, 0.2) is 175 Å². The number of hydrogen-bond donors (Lipinski definition) is 0. The zero-order valence-corrected chi connectivity index (χ0v) is 29.1. The highest BCUT2D eigenvalue weighted by atomic mass is 32.1. The smallest absolute Gasteiger partial charge is 0.136 e. The minimum atomic E-state index is 0.925. The highest BCUT2D eigenvalue weighted by molar-refractivity contribution is 7.25. The predicted molar refractivity (Wildman–Crippen MR) is 221 cm³/mol. The summed E-state index contributed by atoms with van der Waals surface area (Å²) < 4.78 is 8.82. The molecule has 8 aromatic rings. The number of hydrogen-bond acceptors (Lipinski definition) is 2. The number of allylic oxidation sites excluding steroid dienone is 8. The topological polar surface area (TPSA) is 13.1 Å². The molecule has 0 saturated carbocycles. The second kappa shape index (κ2) is 13.2. The van der Waals surface area contributed by atoms with E-state index < -0.39 is 0 Å². The van der Waals surface area contributed by atoms with E-state index in [1.165, 1.54) is 64.0 Å². The van der Waals surface area contributed by atoms with Gasteiger partial charge in [-0.25, -0.2) is 0 Å². The summed E-state index contributed by atoms with van der Waals surface area (Å²) in [7, 11) is 0. The third-order valence-electron chi connectivity index (χ3n) is 9.53. The van der Waals surface area contributed by atoms with Gasteiger partial charge >= 0.3 is 0 Å². The zero-order valence-electron chi connectivity index (χ0n) is 28.2. The largest absolute Gasteiger partial charge is 0.456 e. The molecule has 0 amide bonds. The summed E-state index contributed by atoms with van der Waals surface area (Å²) in [6, 6.07) is 45.5. The van der Waals surface area contributed by atoms with Crippen molar-refractivity contribution < 1.29 is 4.42 Å². The van der Waals surface area contributed by atoms with Crippen LogP contribution in [0.25, 0.3) is 80.4 Å². The lowest BCUT2D eigenvalue weighted by Crippen LogP contribution is -1.87. The van der Waals surface area contributed by atoms with Crippen molar-refractivity contribution in [3.8, 4) is 0 Å². The van der Waals surface area contributed by atoms with E-state index in [0.29, 0.717) is 0 Å². The van der Waals surface area contributed by atoms with E-state index in [9.17, 15) is 0 Å². The highest BCUT2D eigenvalue weighted by Gasteiger charge is 2.14. The van der Waals surface area contributed by atoms with Crippen molar-refractivity contribution >= 4 is 91.7 Å². The molecule has 6 aromatic carbocycles. The van der Waals surface area contributed by atoms with Crippen molar-refractivity contribution in [2.45, 2.75) is 13.8 Å². The molecule has 240 valence electrons. The van der Waals surface area contributed by atoms with Gasteiger partial charge in [0, 0.05) is 30.9 Å². The Kier molecular flexibility index (Phi) is 8.24. The summed E-state index contributed by atoms with van der Waals surface area (Å²) in [4.78, 5) is 0. The predicted octanol–water partition coefficient (Wildman–Crippen LogP) is 14.6. The molecule has 0 aliphatic rings. The summed E-state index contributed by atoms with van der Waals surface area (Å²) in [6.45, 7) is 12.6. The van der Waals surface area contributed by atoms with Crippen LogP contribution in [0.1, 0.15) is 30.5 Å². The van der Waals surface area contributed by atoms with Crippen LogP contribution in [-0.4, -0.2) is 0 Å². The number of para-hydroxylation sites is 1. The van der Waals surface area contributed by atoms with E-state index in [2.05, 4.69) is 160 Å². The lowest BCUT2D eigenvalue weighted by atomic mass is 9.94. The Hall–Kier alpha value is -5.96. The van der Waals surface area contributed by atoms with Crippen molar-refractivity contribution in [1.82, 2.24) is 0 Å². The van der Waals surface area contributed by atoms with E-state index in [-0.39, 0.29) is 0 Å². The van der Waals surface area contributed by atoms with Gasteiger partial charge in [0.15, 0.2) is 0 Å². The first kappa shape index (κ1) is 31.3. The molecular formula is C48H36OS. The van der Waals surface area contributed by atoms with Crippen molar-refractivity contribution in [2.24, 2.45) is 0 Å². The molecule has 0 aliphatic heterocycles. The maximum Gasteiger partial charge on any atom is 0.136 e. The van der Waals surface area contributed by atoms with Crippen LogP contribution in [0.2, 0.25) is 0 Å². The van der Waals surface area contributed by atoms with Crippen molar-refractivity contribution in [1.29, 1.82) is 0 Å². The van der Waals surface area contributed by atoms with Crippen LogP contribution in [-0.2, 0) is 0 Å². The fraction of sp³-hybridized carbons (Fsp3) is 0.0417. The second-order valence-electron chi connectivity index (χ2n) is 12.6. The Morgan fingerprint density at radius 3 is 2.12 bits per heavy atom. The van der Waals surface area contributed by atoms with Crippen molar-refractivity contribution in [3.63, 3.8) is 0 Å². The van der Waals surface area contributed by atoms with Gasteiger partial charge in [-0.1, -0.05) is 135 Å². The third-order valence-corrected chi connectivity index (χ3v) is 10.7. The molecule has 0 N–H and O–H groups in total. The van der Waals surface area contributed by atoms with E-state index >= 15 is 0 Å². The quantitative estimate of drug-likeness (QED) is 0.162. The third kappa shape index (κ3) is 5.54. The molecule has 0 radical (unpaired) electrons. The Labute approximate surface area is 296 Å². The fourth-order valence-corrected chi connectivity index (χ4v) is 8.22. The van der Waals surface area contributed by atoms with E-state index in [4.69, 9.17) is 4.42 Å². The number of fused-ring (bicyclic) bond motifs is 9. The molecule has 1 nitrogen and oxygen atoms in total. The first-order valence-electron chi connectivity index (χ1n) is 16.9. The van der Waals surface area contributed by atoms with Crippen molar-refractivity contribution in [2.75, 3.05) is 0 Å². The number of rotatable bonds is 6. The minimum absolute atomic E-state index is 0.925. The number of benzene rings is 5. The average Bonchev–Trinajstić information content (AvgIpc) is 3.71. The lowest BCUT2D eigenvalue weighted by Gasteiger charge is -2.11. The molecule has 2 heterocycles. The molecule has 8 rings (SSSR count). The van der Waals surface area contributed by atoms with Gasteiger partial charge in [-0.2, -0.15) is 0 Å². The van der Waals surface area contributed by atoms with Crippen LogP contribution in [0.3, 0.4) is 0 Å². The van der Waals surface area contributed by atoms with Gasteiger partial charge in [0.05, 0.1) is 0 Å². The minimum Gasteiger partial charge on any atom is -0.456 e. The van der Waals surface area contributed by atoms with Gasteiger partial charge in [0.1, 0.15) is 11.2 Å². The molecule has 2 aromatic heterocycles. The standard InChI is InChI=1S/C48H36OS/c1-5-7-16-31(3)36-17-10-8-9-11-18-37(39-20-13-12-19-38(36)39)32(4)27-33(6-2)34-24-26-46-42(28-34)43-30-41-35(29-47(43)50-46)23-25-45-48(41)40-21-14-15-22-44(40)49-45/h5-30H,1,3H2,2,4H3/b9-8?,10-8?,11-9?,16-7-,17-10?,18-11?,32-27+,33-6+,36-17?,37-18?,38-36?,39-37?. The van der Waals surface area contributed by atoms with Crippen molar-refractivity contribution in [3.05, 3.63) is 188 Å². The maximum atomic E-state index is 6.24. The molecule has 2 heteroatoms. The number of furan rings is 1. The van der Waals surface area contributed by atoms with Crippen LogP contribution in [0.4, 0.5) is 0 Å². The Bertz CT molecular complexity index is 2810. The summed E-state index contributed by atoms with van der Waals surface area (Å²) in [5.74, 6) is 0. The summed E-state index contributed by atoms with van der Waals surface area (Å²) >= 11 is 1.86. The van der Waals surface area contributed by atoms with Crippen LogP contribution < -0.4 is 0 Å². The Morgan fingerprint density at radius 1 is 0.640 bits per heavy atom. The SMILES string of the molecule is C=C/C=C\C(=C)c1ccccccc(/C(C)=C/C(=C\C)c2ccc3sc4cc5ccc6oc7ccccc7c6c5cc4c3c2)c2ccccc12. The van der Waals surface area contributed by atoms with Gasteiger partial charge in [0.2, 0.25) is 0 Å². The zero-order chi connectivity index (χ0) is 34.2. The summed E-state index contributed by atoms with van der Waals surface area (Å²) in [6.07, 6.45) is 10.3. The molecular weight excluding hydrogens is 625 g/mol. The average molecular weight is 661 g/mol. The van der Waals surface area contributed by atoms with Gasteiger partial charge < -0.3 is 4.42 Å². The number of thiophene rings is 1. The molecule has 0 unspecified atom stereocenters. The van der Waals surface area contributed by atoms with E-state index in [0.717, 1.165) is 33.1 Å². The summed E-state index contributed by atoms with van der Waals surface area (Å²) in [5.41, 5.74) is 8.60. The Balaban J connectivity index is 1.28. The first-order valence-corrected chi connectivity index (χ1v) is 17.7. The lowest BCUT2D eigenvalue weighted by molar-refractivity contribution is 0.669. The maximum absolute atomic E-state index is 6.24. The molecule has 0 spiro atoms.